The van der Waals surface area contributed by atoms with Gasteiger partial charge in [0.05, 0.1) is 18.3 Å². The van der Waals surface area contributed by atoms with Gasteiger partial charge in [-0.3, -0.25) is 19.5 Å². The molecule has 4 amide bonds. The van der Waals surface area contributed by atoms with Gasteiger partial charge in [0.15, 0.2) is 11.4 Å². The maximum Gasteiger partial charge on any atom is 0.325 e. The Bertz CT molecular complexity index is 1140. The summed E-state index contributed by atoms with van der Waals surface area (Å²) in [7, 11) is 0. The number of aromatic nitrogens is 1. The summed E-state index contributed by atoms with van der Waals surface area (Å²) in [4.78, 5) is 46.8. The van der Waals surface area contributed by atoms with E-state index < -0.39 is 23.3 Å². The first-order valence-corrected chi connectivity index (χ1v) is 12.4. The first-order chi connectivity index (χ1) is 17.5. The Morgan fingerprint density at radius 2 is 1.86 bits per heavy atom. The van der Waals surface area contributed by atoms with E-state index in [9.17, 15) is 18.8 Å². The quantitative estimate of drug-likeness (QED) is 0.494. The third-order valence-corrected chi connectivity index (χ3v) is 7.30. The molecular weight excluding hydrogens is 463 g/mol. The molecule has 36 heavy (non-hydrogen) atoms. The second-order valence-corrected chi connectivity index (χ2v) is 9.47. The molecule has 0 bridgehead atoms. The lowest BCUT2D eigenvalue weighted by Crippen LogP contribution is -2.54. The molecule has 2 aromatic rings. The number of piperidine rings is 1. The number of nitrogens with zero attached hydrogens (tertiary/aromatic N) is 3. The molecule has 9 heteroatoms. The van der Waals surface area contributed by atoms with Gasteiger partial charge in [0.1, 0.15) is 0 Å². The zero-order chi connectivity index (χ0) is 25.1. The van der Waals surface area contributed by atoms with E-state index in [0.717, 1.165) is 12.8 Å². The largest absolute Gasteiger partial charge is 0.376 e. The van der Waals surface area contributed by atoms with Gasteiger partial charge >= 0.3 is 6.03 Å². The van der Waals surface area contributed by atoms with Crippen molar-refractivity contribution in [2.45, 2.75) is 37.3 Å². The fraction of sp³-hybridized carbons (Fsp3) is 0.407. The van der Waals surface area contributed by atoms with Crippen molar-refractivity contribution < 1.29 is 23.5 Å². The van der Waals surface area contributed by atoms with Crippen LogP contribution in [0.25, 0.3) is 6.08 Å². The second kappa shape index (κ2) is 10.2. The lowest BCUT2D eigenvalue weighted by Gasteiger charge is -2.40. The van der Waals surface area contributed by atoms with Crippen molar-refractivity contribution in [1.82, 2.24) is 20.1 Å². The average molecular weight is 493 g/mol. The van der Waals surface area contributed by atoms with Gasteiger partial charge in [0, 0.05) is 31.8 Å². The van der Waals surface area contributed by atoms with Crippen molar-refractivity contribution in [2.24, 2.45) is 5.92 Å². The maximum atomic E-state index is 14.7. The van der Waals surface area contributed by atoms with Crippen molar-refractivity contribution in [3.05, 3.63) is 71.8 Å². The van der Waals surface area contributed by atoms with Crippen LogP contribution in [-0.4, -0.2) is 65.0 Å². The van der Waals surface area contributed by atoms with Gasteiger partial charge in [0.2, 0.25) is 0 Å². The summed E-state index contributed by atoms with van der Waals surface area (Å²) in [5.74, 6) is -2.15. The number of rotatable bonds is 6. The molecule has 3 aliphatic heterocycles. The van der Waals surface area contributed by atoms with Gasteiger partial charge in [-0.05, 0) is 49.5 Å². The fourth-order valence-corrected chi connectivity index (χ4v) is 5.43. The van der Waals surface area contributed by atoms with Crippen LogP contribution in [0, 0.1) is 5.92 Å². The summed E-state index contributed by atoms with van der Waals surface area (Å²) in [5.41, 5.74) is -0.249. The summed E-state index contributed by atoms with van der Waals surface area (Å²) in [6.07, 6.45) is 5.20. The highest BCUT2D eigenvalue weighted by atomic mass is 19.1. The molecule has 8 nitrogen and oxygen atoms in total. The minimum Gasteiger partial charge on any atom is -0.376 e. The van der Waals surface area contributed by atoms with Gasteiger partial charge in [-0.15, -0.1) is 0 Å². The number of urea groups is 1. The Labute approximate surface area is 209 Å². The standard InChI is InChI=1S/C27H29FN4O4/c28-22(17-19-7-2-1-3-8-19)24(33)31-14-11-20(12-15-31)27(23-10-4-5-13-29-23)25(34)32(26(35)30-27)18-21-9-6-16-36-21/h1-5,7-8,10,13,17,20-21H,6,9,11-12,14-16,18H2,(H,30,35)/b22-17-/t21-,27-/m1/s1. The van der Waals surface area contributed by atoms with Crippen LogP contribution >= 0.6 is 0 Å². The third kappa shape index (κ3) is 4.51. The number of pyridine rings is 1. The molecule has 0 spiro atoms. The van der Waals surface area contributed by atoms with E-state index in [0.29, 0.717) is 30.7 Å². The zero-order valence-corrected chi connectivity index (χ0v) is 19.9. The zero-order valence-electron chi connectivity index (χ0n) is 19.9. The van der Waals surface area contributed by atoms with Crippen molar-refractivity contribution in [3.8, 4) is 0 Å². The highest BCUT2D eigenvalue weighted by Gasteiger charge is 2.58. The smallest absolute Gasteiger partial charge is 0.325 e. The van der Waals surface area contributed by atoms with E-state index in [4.69, 9.17) is 4.74 Å². The van der Waals surface area contributed by atoms with Gasteiger partial charge in [0.25, 0.3) is 11.8 Å². The summed E-state index contributed by atoms with van der Waals surface area (Å²) in [5, 5.41) is 2.96. The first-order valence-electron chi connectivity index (χ1n) is 12.4. The molecule has 0 unspecified atom stereocenters. The van der Waals surface area contributed by atoms with Crippen LogP contribution < -0.4 is 5.32 Å². The molecule has 1 aromatic heterocycles. The van der Waals surface area contributed by atoms with Crippen LogP contribution in [0.15, 0.2) is 60.6 Å². The minimum absolute atomic E-state index is 0.168. The van der Waals surface area contributed by atoms with Crippen molar-refractivity contribution >= 4 is 23.9 Å². The number of carbonyl (C=O) groups is 3. The Kier molecular flexibility index (Phi) is 6.82. The van der Waals surface area contributed by atoms with Gasteiger partial charge in [-0.2, -0.15) is 0 Å². The van der Waals surface area contributed by atoms with Gasteiger partial charge < -0.3 is 15.0 Å². The molecule has 0 radical (unpaired) electrons. The van der Waals surface area contributed by atoms with Gasteiger partial charge in [-0.25, -0.2) is 9.18 Å². The van der Waals surface area contributed by atoms with E-state index >= 15 is 0 Å². The number of benzene rings is 1. The molecule has 3 aliphatic rings. The average Bonchev–Trinajstić information content (AvgIpc) is 3.52. The molecule has 0 aliphatic carbocycles. The summed E-state index contributed by atoms with van der Waals surface area (Å²) in [6.45, 7) is 1.36. The van der Waals surface area contributed by atoms with Gasteiger partial charge in [-0.1, -0.05) is 36.4 Å². The number of nitrogens with one attached hydrogen (secondary N) is 1. The van der Waals surface area contributed by atoms with Crippen LogP contribution in [0.5, 0.6) is 0 Å². The highest BCUT2D eigenvalue weighted by molar-refractivity contribution is 6.07. The van der Waals surface area contributed by atoms with Crippen molar-refractivity contribution in [3.63, 3.8) is 0 Å². The molecule has 4 heterocycles. The normalized spacial score (nSPS) is 25.4. The Morgan fingerprint density at radius 1 is 1.11 bits per heavy atom. The number of imide groups is 1. The Morgan fingerprint density at radius 3 is 2.53 bits per heavy atom. The van der Waals surface area contributed by atoms with Crippen LogP contribution in [0.4, 0.5) is 9.18 Å². The SMILES string of the molecule is O=C(/C(F)=C/c1ccccc1)N1CCC([C@]2(c3ccccn3)NC(=O)N(C[C@H]3CCCO3)C2=O)CC1. The van der Waals surface area contributed by atoms with Crippen molar-refractivity contribution in [2.75, 3.05) is 26.2 Å². The van der Waals surface area contributed by atoms with E-state index in [1.807, 2.05) is 6.07 Å². The van der Waals surface area contributed by atoms with E-state index in [-0.39, 0.29) is 37.6 Å². The fourth-order valence-electron chi connectivity index (χ4n) is 5.43. The molecule has 188 valence electrons. The molecule has 1 N–H and O–H groups in total. The Hall–Kier alpha value is -3.59. The summed E-state index contributed by atoms with van der Waals surface area (Å²) >= 11 is 0. The van der Waals surface area contributed by atoms with Crippen molar-refractivity contribution in [1.29, 1.82) is 0 Å². The number of likely N-dealkylation sites (tertiary alicyclic amines) is 1. The van der Waals surface area contributed by atoms with Crippen LogP contribution in [0.1, 0.15) is 36.9 Å². The monoisotopic (exact) mass is 492 g/mol. The van der Waals surface area contributed by atoms with Crippen LogP contribution in [0.2, 0.25) is 0 Å². The molecule has 2 atom stereocenters. The summed E-state index contributed by atoms with van der Waals surface area (Å²) in [6, 6.07) is 13.7. The van der Waals surface area contributed by atoms with Crippen LogP contribution in [0.3, 0.4) is 0 Å². The molecule has 3 saturated heterocycles. The third-order valence-electron chi connectivity index (χ3n) is 7.30. The lowest BCUT2D eigenvalue weighted by molar-refractivity contribution is -0.136. The molecule has 5 rings (SSSR count). The summed E-state index contributed by atoms with van der Waals surface area (Å²) < 4.78 is 20.4. The molecule has 0 saturated carbocycles. The van der Waals surface area contributed by atoms with E-state index in [1.165, 1.54) is 15.9 Å². The number of amides is 4. The minimum atomic E-state index is -1.33. The van der Waals surface area contributed by atoms with Crippen LogP contribution in [-0.2, 0) is 19.9 Å². The van der Waals surface area contributed by atoms with E-state index in [2.05, 4.69) is 10.3 Å². The predicted octanol–water partition coefficient (Wildman–Crippen LogP) is 3.26. The topological polar surface area (TPSA) is 91.8 Å². The first kappa shape index (κ1) is 24.1. The number of hydrogen-bond acceptors (Lipinski definition) is 5. The highest BCUT2D eigenvalue weighted by Crippen LogP contribution is 2.41. The molecule has 1 aromatic carbocycles. The van der Waals surface area contributed by atoms with E-state index in [1.54, 1.807) is 48.7 Å². The molecule has 3 fully saturated rings. The number of ether oxygens (including phenoxy) is 1. The number of carbonyl (C=O) groups excluding carboxylic acids is 3. The molecular formula is C27H29FN4O4. The second-order valence-electron chi connectivity index (χ2n) is 9.47. The number of hydrogen-bond donors (Lipinski definition) is 1. The Balaban J connectivity index is 1.34. The number of halogens is 1. The predicted molar refractivity (Wildman–Crippen MR) is 130 cm³/mol. The maximum absolute atomic E-state index is 14.7. The lowest BCUT2D eigenvalue weighted by atomic mass is 9.75.